The van der Waals surface area contributed by atoms with Gasteiger partial charge in [-0.2, -0.15) is 0 Å². The first kappa shape index (κ1) is 16.9. The molecule has 0 saturated heterocycles. The molecule has 1 atom stereocenters. The van der Waals surface area contributed by atoms with Crippen LogP contribution >= 0.6 is 0 Å². The van der Waals surface area contributed by atoms with E-state index in [1.165, 1.54) is 12.1 Å². The molecule has 0 aliphatic carbocycles. The quantitative estimate of drug-likeness (QED) is 0.468. The number of hydrogen-bond acceptors (Lipinski definition) is 5. The number of aryl methyl sites for hydroxylation is 1. The minimum atomic E-state index is -4.72. The minimum Gasteiger partial charge on any atom is -0.746 e. The molecule has 1 aromatic carbocycles. The molecule has 0 bridgehead atoms. The van der Waals surface area contributed by atoms with Crippen LogP contribution in [0.2, 0.25) is 0 Å². The second kappa shape index (κ2) is 6.17. The number of aliphatic hydroxyl groups is 1. The average molecular weight is 268 g/mol. The monoisotopic (exact) mass is 268 g/mol. The van der Waals surface area contributed by atoms with Crippen molar-refractivity contribution in [2.75, 3.05) is 0 Å². The second-order valence-electron chi connectivity index (χ2n) is 3.80. The summed E-state index contributed by atoms with van der Waals surface area (Å²) in [6.45, 7) is 0.982. The first-order chi connectivity index (χ1) is 7.22. The smallest absolute Gasteiger partial charge is 0.746 e. The van der Waals surface area contributed by atoms with E-state index in [-0.39, 0.29) is 48.1 Å². The van der Waals surface area contributed by atoms with E-state index in [0.29, 0.717) is 0 Å². The van der Waals surface area contributed by atoms with Crippen molar-refractivity contribution in [1.29, 1.82) is 0 Å². The summed E-state index contributed by atoms with van der Waals surface area (Å²) in [5.41, 5.74) is 0.738. The fourth-order valence-corrected chi connectivity index (χ4v) is 1.52. The van der Waals surface area contributed by atoms with E-state index in [9.17, 15) is 18.1 Å². The van der Waals surface area contributed by atoms with Gasteiger partial charge in [0, 0.05) is 0 Å². The van der Waals surface area contributed by atoms with Crippen LogP contribution in [0.5, 0.6) is 5.75 Å². The maximum atomic E-state index is 10.7. The van der Waals surface area contributed by atoms with Crippen molar-refractivity contribution in [3.8, 4) is 5.75 Å². The summed E-state index contributed by atoms with van der Waals surface area (Å²) >= 11 is 0. The maximum absolute atomic E-state index is 10.7. The standard InChI is InChI=1S/C10H14O5S.Na/c1-10(12,16(13,14)15)7-6-8-2-4-9(11)5-3-8;/h2-5,11-12H,6-7H2,1H3,(H,13,14,15);/q;+1/p-1. The van der Waals surface area contributed by atoms with E-state index >= 15 is 0 Å². The van der Waals surface area contributed by atoms with Crippen molar-refractivity contribution in [3.63, 3.8) is 0 Å². The van der Waals surface area contributed by atoms with E-state index < -0.39 is 15.1 Å². The normalized spacial score (nSPS) is 14.8. The van der Waals surface area contributed by atoms with Gasteiger partial charge in [0.25, 0.3) is 0 Å². The van der Waals surface area contributed by atoms with Gasteiger partial charge < -0.3 is 14.8 Å². The van der Waals surface area contributed by atoms with Gasteiger partial charge >= 0.3 is 29.6 Å². The van der Waals surface area contributed by atoms with Gasteiger partial charge in [-0.3, -0.25) is 0 Å². The molecule has 0 aliphatic heterocycles. The molecule has 90 valence electrons. The van der Waals surface area contributed by atoms with E-state index in [0.717, 1.165) is 12.5 Å². The van der Waals surface area contributed by atoms with E-state index in [1.54, 1.807) is 12.1 Å². The van der Waals surface area contributed by atoms with E-state index in [2.05, 4.69) is 0 Å². The van der Waals surface area contributed by atoms with Crippen LogP contribution < -0.4 is 29.6 Å². The number of rotatable bonds is 4. The molecule has 17 heavy (non-hydrogen) atoms. The van der Waals surface area contributed by atoms with Gasteiger partial charge in [-0.15, -0.1) is 0 Å². The third-order valence-corrected chi connectivity index (χ3v) is 3.63. The molecule has 5 nitrogen and oxygen atoms in total. The summed E-state index contributed by atoms with van der Waals surface area (Å²) in [6, 6.07) is 6.11. The number of benzene rings is 1. The van der Waals surface area contributed by atoms with Crippen LogP contribution in [0.25, 0.3) is 0 Å². The summed E-state index contributed by atoms with van der Waals surface area (Å²) < 4.78 is 32.0. The van der Waals surface area contributed by atoms with Crippen molar-refractivity contribution in [2.45, 2.75) is 24.7 Å². The van der Waals surface area contributed by atoms with Gasteiger partial charge in [-0.05, 0) is 37.5 Å². The predicted octanol–water partition coefficient (Wildman–Crippen LogP) is -2.42. The molecule has 0 fully saturated rings. The third-order valence-electron chi connectivity index (χ3n) is 2.35. The number of phenols is 1. The van der Waals surface area contributed by atoms with Gasteiger partial charge in [-0.25, -0.2) is 8.42 Å². The Bertz CT molecular complexity index is 452. The molecule has 0 aliphatic rings. The van der Waals surface area contributed by atoms with Gasteiger partial charge in [0.1, 0.15) is 15.9 Å². The van der Waals surface area contributed by atoms with Crippen molar-refractivity contribution >= 4 is 10.1 Å². The first-order valence-corrected chi connectivity index (χ1v) is 6.09. The summed E-state index contributed by atoms with van der Waals surface area (Å²) in [5, 5.41) is 18.4. The van der Waals surface area contributed by atoms with Crippen LogP contribution in [0.3, 0.4) is 0 Å². The molecule has 0 radical (unpaired) electrons. The Morgan fingerprint density at radius 2 is 1.76 bits per heavy atom. The predicted molar refractivity (Wildman–Crippen MR) is 56.7 cm³/mol. The average Bonchev–Trinajstić information content (AvgIpc) is 2.15. The summed E-state index contributed by atoms with van der Waals surface area (Å²) in [5.74, 6) is 0.104. The maximum Gasteiger partial charge on any atom is 1.00 e. The molecule has 2 N–H and O–H groups in total. The van der Waals surface area contributed by atoms with Gasteiger partial charge in [-0.1, -0.05) is 12.1 Å². The van der Waals surface area contributed by atoms with E-state index in [4.69, 9.17) is 5.11 Å². The molecule has 1 aromatic rings. The van der Waals surface area contributed by atoms with Crippen molar-refractivity contribution < 1.29 is 52.7 Å². The molecule has 7 heteroatoms. The van der Waals surface area contributed by atoms with Crippen molar-refractivity contribution in [3.05, 3.63) is 29.8 Å². The molecule has 1 unspecified atom stereocenters. The molecular weight excluding hydrogens is 255 g/mol. The topological polar surface area (TPSA) is 97.7 Å². The van der Waals surface area contributed by atoms with Crippen LogP contribution in [-0.2, 0) is 16.5 Å². The van der Waals surface area contributed by atoms with E-state index in [1.807, 2.05) is 0 Å². The van der Waals surface area contributed by atoms with Crippen LogP contribution in [0.15, 0.2) is 24.3 Å². The van der Waals surface area contributed by atoms with Gasteiger partial charge in [0.05, 0.1) is 0 Å². The molecule has 0 amide bonds. The second-order valence-corrected chi connectivity index (χ2v) is 5.58. The number of hydrogen-bond donors (Lipinski definition) is 2. The summed E-state index contributed by atoms with van der Waals surface area (Å²) in [7, 11) is -4.72. The van der Waals surface area contributed by atoms with Crippen LogP contribution in [-0.4, -0.2) is 28.1 Å². The van der Waals surface area contributed by atoms with Crippen LogP contribution in [0, 0.1) is 0 Å². The summed E-state index contributed by atoms with van der Waals surface area (Å²) in [6.07, 6.45) is 0.0678. The molecular formula is C10H13NaO5S. The van der Waals surface area contributed by atoms with Crippen molar-refractivity contribution in [1.82, 2.24) is 0 Å². The Hall–Kier alpha value is -0.110. The first-order valence-electron chi connectivity index (χ1n) is 4.68. The van der Waals surface area contributed by atoms with Crippen LogP contribution in [0.4, 0.5) is 0 Å². The Kier molecular flexibility index (Phi) is 6.13. The molecule has 0 aromatic heterocycles. The third kappa shape index (κ3) is 4.95. The fourth-order valence-electron chi connectivity index (χ4n) is 1.16. The van der Waals surface area contributed by atoms with Gasteiger partial charge in [0.2, 0.25) is 0 Å². The summed E-state index contributed by atoms with van der Waals surface area (Å²) in [4.78, 5) is -2.26. The largest absolute Gasteiger partial charge is 1.00 e. The number of aromatic hydroxyl groups is 1. The zero-order valence-electron chi connectivity index (χ0n) is 9.75. The SMILES string of the molecule is CC(O)(CCc1ccc(O)cc1)S(=O)(=O)[O-].[Na+]. The fraction of sp³-hybridized carbons (Fsp3) is 0.400. The zero-order valence-corrected chi connectivity index (χ0v) is 12.6. The van der Waals surface area contributed by atoms with Crippen molar-refractivity contribution in [2.24, 2.45) is 0 Å². The molecule has 0 saturated carbocycles. The molecule has 1 rings (SSSR count). The Morgan fingerprint density at radius 3 is 2.18 bits per heavy atom. The molecule has 0 spiro atoms. The Morgan fingerprint density at radius 1 is 1.29 bits per heavy atom. The molecule has 0 heterocycles. The Labute approximate surface area is 123 Å². The Balaban J connectivity index is 0.00000256. The van der Waals surface area contributed by atoms with Crippen LogP contribution in [0.1, 0.15) is 18.9 Å². The zero-order chi connectivity index (χ0) is 12.4. The minimum absolute atomic E-state index is 0. The number of phenolic OH excluding ortho intramolecular Hbond substituents is 1. The van der Waals surface area contributed by atoms with Gasteiger partial charge in [0.15, 0.2) is 4.93 Å².